The van der Waals surface area contributed by atoms with E-state index in [0.717, 1.165) is 5.56 Å². The molecule has 0 saturated carbocycles. The Labute approximate surface area is 118 Å². The van der Waals surface area contributed by atoms with Gasteiger partial charge in [0.15, 0.2) is 0 Å². The normalized spacial score (nSPS) is 11.4. The van der Waals surface area contributed by atoms with Crippen molar-refractivity contribution < 1.29 is 23.1 Å². The van der Waals surface area contributed by atoms with Crippen LogP contribution in [0.15, 0.2) is 24.3 Å². The molecule has 6 nitrogen and oxygen atoms in total. The average Bonchev–Trinajstić information content (AvgIpc) is 2.39. The summed E-state index contributed by atoms with van der Waals surface area (Å²) in [7, 11) is -1.77. The molecule has 0 aliphatic carbocycles. The van der Waals surface area contributed by atoms with Crippen LogP contribution in [0.3, 0.4) is 0 Å². The van der Waals surface area contributed by atoms with E-state index in [1.807, 2.05) is 0 Å². The molecule has 2 N–H and O–H groups in total. The Bertz CT molecular complexity index is 541. The zero-order valence-corrected chi connectivity index (χ0v) is 12.1. The third kappa shape index (κ3) is 6.14. The molecule has 0 fully saturated rings. The summed E-state index contributed by atoms with van der Waals surface area (Å²) in [5.74, 6) is -0.970. The van der Waals surface area contributed by atoms with Gasteiger partial charge in [-0.25, -0.2) is 17.9 Å². The fourth-order valence-corrected chi connectivity index (χ4v) is 2.73. The second kappa shape index (κ2) is 7.98. The number of ether oxygens (including phenoxy) is 1. The molecule has 1 rings (SSSR count). The number of hydrogen-bond acceptors (Lipinski definition) is 4. The molecule has 0 bridgehead atoms. The van der Waals surface area contributed by atoms with Crippen molar-refractivity contribution in [2.75, 3.05) is 26.0 Å². The molecule has 0 aromatic heterocycles. The summed E-state index contributed by atoms with van der Waals surface area (Å²) in [5, 5.41) is 8.86. The molecular formula is C13H19NO5S. The van der Waals surface area contributed by atoms with E-state index in [9.17, 15) is 13.2 Å². The summed E-state index contributed by atoms with van der Waals surface area (Å²) in [6.07, 6.45) is 0.894. The van der Waals surface area contributed by atoms with Crippen LogP contribution in [0, 0.1) is 0 Å². The van der Waals surface area contributed by atoms with Gasteiger partial charge >= 0.3 is 5.97 Å². The Morgan fingerprint density at radius 3 is 2.80 bits per heavy atom. The highest BCUT2D eigenvalue weighted by molar-refractivity contribution is 7.89. The summed E-state index contributed by atoms with van der Waals surface area (Å²) in [4.78, 5) is 10.8. The Kier molecular flexibility index (Phi) is 6.63. The largest absolute Gasteiger partial charge is 0.478 e. The minimum Gasteiger partial charge on any atom is -0.478 e. The van der Waals surface area contributed by atoms with Crippen LogP contribution < -0.4 is 4.72 Å². The van der Waals surface area contributed by atoms with Crippen molar-refractivity contribution in [1.29, 1.82) is 0 Å². The monoisotopic (exact) mass is 301 g/mol. The lowest BCUT2D eigenvalue weighted by Gasteiger charge is -2.07. The molecule has 0 aliphatic heterocycles. The fraction of sp³-hybridized carbons (Fsp3) is 0.462. The lowest BCUT2D eigenvalue weighted by Crippen LogP contribution is -2.28. The highest BCUT2D eigenvalue weighted by Gasteiger charge is 2.09. The number of nitrogens with one attached hydrogen (secondary N) is 1. The number of rotatable bonds is 9. The Morgan fingerprint density at radius 1 is 1.40 bits per heavy atom. The first kappa shape index (κ1) is 16.6. The molecule has 7 heteroatoms. The van der Waals surface area contributed by atoms with Gasteiger partial charge in [0.05, 0.1) is 11.3 Å². The maximum absolute atomic E-state index is 11.6. The zero-order valence-electron chi connectivity index (χ0n) is 11.3. The average molecular weight is 301 g/mol. The first-order valence-electron chi connectivity index (χ1n) is 6.23. The van der Waals surface area contributed by atoms with Gasteiger partial charge in [-0.15, -0.1) is 0 Å². The third-order valence-corrected chi connectivity index (χ3v) is 4.14. The van der Waals surface area contributed by atoms with Crippen LogP contribution in [0.5, 0.6) is 0 Å². The topological polar surface area (TPSA) is 92.7 Å². The predicted octanol–water partition coefficient (Wildman–Crippen LogP) is 0.883. The standard InChI is InChI=1S/C13H19NO5S/c1-19-8-3-9-20(17,18)14-7-6-11-4-2-5-12(10-11)13(15)16/h2,4-5,10,14H,3,6-9H2,1H3,(H,15,16). The van der Waals surface area contributed by atoms with Crippen molar-refractivity contribution in [2.45, 2.75) is 12.8 Å². The maximum Gasteiger partial charge on any atom is 0.335 e. The Morgan fingerprint density at radius 2 is 2.15 bits per heavy atom. The predicted molar refractivity (Wildman–Crippen MR) is 75.4 cm³/mol. The van der Waals surface area contributed by atoms with Gasteiger partial charge in [-0.2, -0.15) is 0 Å². The van der Waals surface area contributed by atoms with Gasteiger partial charge in [0.25, 0.3) is 0 Å². The smallest absolute Gasteiger partial charge is 0.335 e. The number of carboxylic acid groups (broad SMARTS) is 1. The molecular weight excluding hydrogens is 282 g/mol. The summed E-state index contributed by atoms with van der Waals surface area (Å²) in [5.41, 5.74) is 0.981. The summed E-state index contributed by atoms with van der Waals surface area (Å²) in [6, 6.07) is 6.46. The molecule has 0 radical (unpaired) electrons. The molecule has 0 saturated heterocycles. The van der Waals surface area contributed by atoms with E-state index >= 15 is 0 Å². The van der Waals surface area contributed by atoms with Gasteiger partial charge in [-0.1, -0.05) is 12.1 Å². The van der Waals surface area contributed by atoms with Crippen LogP contribution in [0.1, 0.15) is 22.3 Å². The van der Waals surface area contributed by atoms with E-state index in [4.69, 9.17) is 9.84 Å². The number of hydrogen-bond donors (Lipinski definition) is 2. The third-order valence-electron chi connectivity index (χ3n) is 2.67. The van der Waals surface area contributed by atoms with E-state index in [2.05, 4.69) is 4.72 Å². The van der Waals surface area contributed by atoms with E-state index in [1.54, 1.807) is 18.2 Å². The first-order valence-corrected chi connectivity index (χ1v) is 7.88. The molecule has 0 aliphatic rings. The first-order chi connectivity index (χ1) is 9.44. The summed E-state index contributed by atoms with van der Waals surface area (Å²) in [6.45, 7) is 0.653. The van der Waals surface area contributed by atoms with E-state index in [1.165, 1.54) is 13.2 Å². The molecule has 0 atom stereocenters. The van der Waals surface area contributed by atoms with Gasteiger partial charge in [0, 0.05) is 20.3 Å². The van der Waals surface area contributed by atoms with Crippen LogP contribution >= 0.6 is 0 Å². The fourth-order valence-electron chi connectivity index (χ4n) is 1.68. The van der Waals surface area contributed by atoms with E-state index in [0.29, 0.717) is 19.4 Å². The van der Waals surface area contributed by atoms with E-state index in [-0.39, 0.29) is 17.9 Å². The Hall–Kier alpha value is -1.44. The number of benzene rings is 1. The lowest BCUT2D eigenvalue weighted by atomic mass is 10.1. The second-order valence-electron chi connectivity index (χ2n) is 4.32. The van der Waals surface area contributed by atoms with Crippen LogP contribution in [0.2, 0.25) is 0 Å². The van der Waals surface area contributed by atoms with Gasteiger partial charge < -0.3 is 9.84 Å². The number of carbonyl (C=O) groups is 1. The van der Waals surface area contributed by atoms with Crippen molar-refractivity contribution in [3.63, 3.8) is 0 Å². The summed E-state index contributed by atoms with van der Waals surface area (Å²) < 4.78 is 30.5. The second-order valence-corrected chi connectivity index (χ2v) is 6.24. The molecule has 112 valence electrons. The van der Waals surface area contributed by atoms with Gasteiger partial charge in [0.1, 0.15) is 0 Å². The van der Waals surface area contributed by atoms with E-state index < -0.39 is 16.0 Å². The Balaban J connectivity index is 2.44. The molecule has 0 heterocycles. The van der Waals surface area contributed by atoms with Crippen molar-refractivity contribution in [3.05, 3.63) is 35.4 Å². The maximum atomic E-state index is 11.6. The van der Waals surface area contributed by atoms with Crippen molar-refractivity contribution >= 4 is 16.0 Å². The quantitative estimate of drug-likeness (QED) is 0.661. The minimum atomic E-state index is -3.30. The number of sulfonamides is 1. The molecule has 0 unspecified atom stereocenters. The van der Waals surface area contributed by atoms with Crippen LogP contribution in [0.4, 0.5) is 0 Å². The minimum absolute atomic E-state index is 0.0238. The molecule has 0 amide bonds. The molecule has 20 heavy (non-hydrogen) atoms. The highest BCUT2D eigenvalue weighted by atomic mass is 32.2. The highest BCUT2D eigenvalue weighted by Crippen LogP contribution is 2.06. The number of carboxylic acids is 1. The van der Waals surface area contributed by atoms with Crippen LogP contribution in [-0.2, 0) is 21.2 Å². The molecule has 1 aromatic carbocycles. The SMILES string of the molecule is COCCCS(=O)(=O)NCCc1cccc(C(=O)O)c1. The zero-order chi connectivity index (χ0) is 15.0. The van der Waals surface area contributed by atoms with Crippen LogP contribution in [0.25, 0.3) is 0 Å². The van der Waals surface area contributed by atoms with Crippen molar-refractivity contribution in [3.8, 4) is 0 Å². The van der Waals surface area contributed by atoms with Crippen LogP contribution in [-0.4, -0.2) is 45.5 Å². The number of aromatic carboxylic acids is 1. The molecule has 1 aromatic rings. The van der Waals surface area contributed by atoms with Gasteiger partial charge in [-0.3, -0.25) is 0 Å². The number of methoxy groups -OCH3 is 1. The summed E-state index contributed by atoms with van der Waals surface area (Å²) >= 11 is 0. The lowest BCUT2D eigenvalue weighted by molar-refractivity contribution is 0.0696. The van der Waals surface area contributed by atoms with Crippen molar-refractivity contribution in [2.24, 2.45) is 0 Å². The van der Waals surface area contributed by atoms with Gasteiger partial charge in [-0.05, 0) is 30.5 Å². The van der Waals surface area contributed by atoms with Gasteiger partial charge in [0.2, 0.25) is 10.0 Å². The van der Waals surface area contributed by atoms with Crippen molar-refractivity contribution in [1.82, 2.24) is 4.72 Å². The molecule has 0 spiro atoms.